The highest BCUT2D eigenvalue weighted by Crippen LogP contribution is 2.32. The van der Waals surface area contributed by atoms with Crippen molar-refractivity contribution in [3.8, 4) is 0 Å². The van der Waals surface area contributed by atoms with Gasteiger partial charge in [-0.25, -0.2) is 4.98 Å². The van der Waals surface area contributed by atoms with Crippen molar-refractivity contribution < 1.29 is 13.2 Å². The van der Waals surface area contributed by atoms with E-state index >= 15 is 0 Å². The fraction of sp³-hybridized carbons (Fsp3) is 0.125. The number of benzene rings is 1. The van der Waals surface area contributed by atoms with E-state index in [1.807, 2.05) is 31.2 Å². The average molecular weight is 353 g/mol. The molecule has 0 bridgehead atoms. The minimum absolute atomic E-state index is 0.0541. The largest absolute Gasteiger partial charge is 0.417 e. The van der Waals surface area contributed by atoms with Crippen molar-refractivity contribution in [2.75, 3.05) is 5.43 Å². The van der Waals surface area contributed by atoms with Crippen LogP contribution in [0.5, 0.6) is 0 Å². The number of hydrogen-bond acceptors (Lipinski definition) is 3. The molecule has 0 amide bonds. The van der Waals surface area contributed by atoms with Crippen LogP contribution in [0.15, 0.2) is 41.6 Å². The Kier molecular flexibility index (Phi) is 4.19. The number of H-pyrrole nitrogens is 1. The van der Waals surface area contributed by atoms with Crippen LogP contribution in [0, 0.1) is 6.92 Å². The predicted octanol–water partition coefficient (Wildman–Crippen LogP) is 4.99. The van der Waals surface area contributed by atoms with Gasteiger partial charge in [-0.3, -0.25) is 5.43 Å². The molecule has 0 saturated heterocycles. The van der Waals surface area contributed by atoms with E-state index < -0.39 is 11.7 Å². The summed E-state index contributed by atoms with van der Waals surface area (Å²) < 4.78 is 37.7. The van der Waals surface area contributed by atoms with Crippen LogP contribution < -0.4 is 5.43 Å². The molecule has 1 aromatic carbocycles. The first-order chi connectivity index (χ1) is 11.4. The molecule has 3 rings (SSSR count). The van der Waals surface area contributed by atoms with Crippen LogP contribution in [0.2, 0.25) is 5.02 Å². The molecule has 2 aromatic heterocycles. The smallest absolute Gasteiger partial charge is 0.358 e. The Balaban J connectivity index is 1.82. The van der Waals surface area contributed by atoms with Gasteiger partial charge in [0.25, 0.3) is 0 Å². The van der Waals surface area contributed by atoms with Gasteiger partial charge in [0, 0.05) is 28.4 Å². The van der Waals surface area contributed by atoms with Crippen molar-refractivity contribution in [2.24, 2.45) is 5.10 Å². The van der Waals surface area contributed by atoms with E-state index in [0.29, 0.717) is 6.20 Å². The second-order valence-corrected chi connectivity index (χ2v) is 5.54. The lowest BCUT2D eigenvalue weighted by Gasteiger charge is -2.08. The number of alkyl halides is 3. The first-order valence-corrected chi connectivity index (χ1v) is 7.33. The number of rotatable bonds is 3. The molecule has 0 aliphatic heterocycles. The number of fused-ring (bicyclic) bond motifs is 1. The molecule has 0 atom stereocenters. The second-order valence-electron chi connectivity index (χ2n) is 5.13. The lowest BCUT2D eigenvalue weighted by atomic mass is 10.1. The van der Waals surface area contributed by atoms with Gasteiger partial charge in [-0.15, -0.1) is 0 Å². The number of hydrazone groups is 1. The fourth-order valence-corrected chi connectivity index (χ4v) is 2.51. The zero-order chi connectivity index (χ0) is 17.3. The summed E-state index contributed by atoms with van der Waals surface area (Å²) in [6.45, 7) is 1.91. The van der Waals surface area contributed by atoms with Crippen LogP contribution >= 0.6 is 11.6 Å². The summed E-state index contributed by atoms with van der Waals surface area (Å²) >= 11 is 5.82. The Labute approximate surface area is 140 Å². The molecule has 0 aliphatic carbocycles. The lowest BCUT2D eigenvalue weighted by molar-refractivity contribution is -0.137. The first kappa shape index (κ1) is 16.3. The number of aryl methyl sites for hydroxylation is 1. The van der Waals surface area contributed by atoms with Crippen molar-refractivity contribution >= 4 is 34.5 Å². The van der Waals surface area contributed by atoms with Crippen LogP contribution in [0.4, 0.5) is 19.0 Å². The third-order valence-electron chi connectivity index (χ3n) is 3.48. The van der Waals surface area contributed by atoms with Gasteiger partial charge in [-0.1, -0.05) is 29.8 Å². The Morgan fingerprint density at radius 2 is 2.04 bits per heavy atom. The van der Waals surface area contributed by atoms with Crippen LogP contribution in [0.25, 0.3) is 10.9 Å². The molecule has 0 unspecified atom stereocenters. The molecule has 24 heavy (non-hydrogen) atoms. The van der Waals surface area contributed by atoms with Crippen molar-refractivity contribution in [1.82, 2.24) is 9.97 Å². The van der Waals surface area contributed by atoms with E-state index in [0.717, 1.165) is 28.2 Å². The predicted molar refractivity (Wildman–Crippen MR) is 88.5 cm³/mol. The summed E-state index contributed by atoms with van der Waals surface area (Å²) in [4.78, 5) is 6.89. The number of nitrogens with zero attached hydrogens (tertiary/aromatic N) is 2. The number of pyridine rings is 1. The molecule has 8 heteroatoms. The monoisotopic (exact) mass is 352 g/mol. The van der Waals surface area contributed by atoms with Gasteiger partial charge < -0.3 is 4.98 Å². The van der Waals surface area contributed by atoms with Gasteiger partial charge in [0.2, 0.25) is 0 Å². The minimum atomic E-state index is -4.49. The van der Waals surface area contributed by atoms with Crippen LogP contribution in [0.3, 0.4) is 0 Å². The number of halogens is 4. The van der Waals surface area contributed by atoms with E-state index in [1.54, 1.807) is 6.21 Å². The molecule has 0 fully saturated rings. The summed E-state index contributed by atoms with van der Waals surface area (Å²) in [7, 11) is 0. The number of anilines is 1. The maximum atomic E-state index is 12.6. The Morgan fingerprint density at radius 3 is 2.75 bits per heavy atom. The zero-order valence-corrected chi connectivity index (χ0v) is 13.2. The highest BCUT2D eigenvalue weighted by molar-refractivity contribution is 6.33. The molecule has 0 aliphatic rings. The highest BCUT2D eigenvalue weighted by atomic mass is 35.5. The standard InChI is InChI=1S/C16H12ClF3N4/c1-9-12(11-4-2-3-5-14(11)23-9)8-22-24-15-13(17)6-10(7-21-15)16(18,19)20/h2-8,23H,1H3,(H,21,24)/b22-8+. The van der Waals surface area contributed by atoms with Crippen molar-refractivity contribution in [3.63, 3.8) is 0 Å². The van der Waals surface area contributed by atoms with E-state index in [9.17, 15) is 13.2 Å². The summed E-state index contributed by atoms with van der Waals surface area (Å²) in [5.74, 6) is 0.0541. The molecule has 0 spiro atoms. The first-order valence-electron chi connectivity index (χ1n) is 6.95. The molecule has 3 aromatic rings. The Bertz CT molecular complexity index is 915. The van der Waals surface area contributed by atoms with Gasteiger partial charge in [0.15, 0.2) is 5.82 Å². The maximum absolute atomic E-state index is 12.6. The molecule has 0 saturated carbocycles. The third kappa shape index (κ3) is 3.21. The van der Waals surface area contributed by atoms with Gasteiger partial charge >= 0.3 is 6.18 Å². The Morgan fingerprint density at radius 1 is 1.29 bits per heavy atom. The third-order valence-corrected chi connectivity index (χ3v) is 3.76. The van der Waals surface area contributed by atoms with Crippen molar-refractivity contribution in [1.29, 1.82) is 0 Å². The zero-order valence-electron chi connectivity index (χ0n) is 12.4. The van der Waals surface area contributed by atoms with E-state index in [-0.39, 0.29) is 10.8 Å². The average Bonchev–Trinajstić information content (AvgIpc) is 2.84. The quantitative estimate of drug-likeness (QED) is 0.515. The lowest BCUT2D eigenvalue weighted by Crippen LogP contribution is -2.06. The Hall–Kier alpha value is -2.54. The van der Waals surface area contributed by atoms with Gasteiger partial charge in [0.1, 0.15) is 0 Å². The highest BCUT2D eigenvalue weighted by Gasteiger charge is 2.31. The fourth-order valence-electron chi connectivity index (χ4n) is 2.30. The summed E-state index contributed by atoms with van der Waals surface area (Å²) in [5, 5.41) is 4.86. The van der Waals surface area contributed by atoms with Crippen molar-refractivity contribution in [2.45, 2.75) is 13.1 Å². The normalized spacial score (nSPS) is 12.2. The topological polar surface area (TPSA) is 53.1 Å². The van der Waals surface area contributed by atoms with Gasteiger partial charge in [-0.2, -0.15) is 18.3 Å². The minimum Gasteiger partial charge on any atom is -0.358 e. The van der Waals surface area contributed by atoms with E-state index in [4.69, 9.17) is 11.6 Å². The molecular formula is C16H12ClF3N4. The van der Waals surface area contributed by atoms with Gasteiger partial charge in [-0.05, 0) is 19.1 Å². The summed E-state index contributed by atoms with van der Waals surface area (Å²) in [5.41, 5.74) is 4.43. The van der Waals surface area contributed by atoms with Crippen molar-refractivity contribution in [3.05, 3.63) is 58.4 Å². The molecule has 124 valence electrons. The van der Waals surface area contributed by atoms with E-state index in [1.165, 1.54) is 0 Å². The number of hydrogen-bond donors (Lipinski definition) is 2. The summed E-state index contributed by atoms with van der Waals surface area (Å²) in [6.07, 6.45) is -2.20. The van der Waals surface area contributed by atoms with Crippen LogP contribution in [0.1, 0.15) is 16.8 Å². The molecular weight excluding hydrogens is 341 g/mol. The summed E-state index contributed by atoms with van der Waals surface area (Å²) in [6, 6.07) is 8.53. The van der Waals surface area contributed by atoms with Crippen LogP contribution in [-0.4, -0.2) is 16.2 Å². The number of aromatic nitrogens is 2. The molecule has 0 radical (unpaired) electrons. The molecule has 4 nitrogen and oxygen atoms in total. The molecule has 2 N–H and O–H groups in total. The van der Waals surface area contributed by atoms with E-state index in [2.05, 4.69) is 20.5 Å². The van der Waals surface area contributed by atoms with Gasteiger partial charge in [0.05, 0.1) is 16.8 Å². The second kappa shape index (κ2) is 6.16. The number of aromatic amines is 1. The number of nitrogens with one attached hydrogen (secondary N) is 2. The molecule has 2 heterocycles. The number of para-hydroxylation sites is 1. The maximum Gasteiger partial charge on any atom is 0.417 e. The van der Waals surface area contributed by atoms with Crippen LogP contribution in [-0.2, 0) is 6.18 Å². The SMILES string of the molecule is Cc1[nH]c2ccccc2c1/C=N/Nc1ncc(C(F)(F)F)cc1Cl.